The van der Waals surface area contributed by atoms with Gasteiger partial charge in [0, 0.05) is 27.8 Å². The minimum Gasteiger partial charge on any atom is -0.310 e. The van der Waals surface area contributed by atoms with E-state index < -0.39 is 0 Å². The van der Waals surface area contributed by atoms with E-state index in [4.69, 9.17) is 0 Å². The average Bonchev–Trinajstić information content (AvgIpc) is 3.56. The lowest BCUT2D eigenvalue weighted by molar-refractivity contribution is 0.590. The third-order valence-corrected chi connectivity index (χ3v) is 12.8. The van der Waals surface area contributed by atoms with Crippen molar-refractivity contribution in [2.24, 2.45) is 0 Å². The molecule has 0 heterocycles. The standard InChI is InChI=1S/C54H47N/c1-52(2,3)37-23-25-38(26-24-37)55(39-27-30-47-45(33-39)44-29-20-35-15-9-11-17-41(35)51(44)54(47,6)7)49-31-22-34-14-8-10-16-40(34)50(49)36-21-28-43-42-18-12-13-19-46(42)53(4,5)48(43)32-36/h8-33H,1-7H3. The van der Waals surface area contributed by atoms with Gasteiger partial charge in [-0.3, -0.25) is 0 Å². The van der Waals surface area contributed by atoms with Crippen molar-refractivity contribution in [3.05, 3.63) is 186 Å². The Hall–Kier alpha value is -5.92. The number of anilines is 3. The third kappa shape index (κ3) is 4.99. The molecule has 0 amide bonds. The topological polar surface area (TPSA) is 3.24 Å². The van der Waals surface area contributed by atoms with Gasteiger partial charge in [-0.25, -0.2) is 0 Å². The fourth-order valence-electron chi connectivity index (χ4n) is 9.89. The van der Waals surface area contributed by atoms with Crippen LogP contribution < -0.4 is 4.90 Å². The molecule has 2 aliphatic rings. The summed E-state index contributed by atoms with van der Waals surface area (Å²) in [4.78, 5) is 2.51. The number of hydrogen-bond acceptors (Lipinski definition) is 1. The fourth-order valence-corrected chi connectivity index (χ4v) is 9.89. The van der Waals surface area contributed by atoms with E-state index in [9.17, 15) is 0 Å². The van der Waals surface area contributed by atoms with E-state index in [1.807, 2.05) is 0 Å². The molecule has 0 saturated carbocycles. The summed E-state index contributed by atoms with van der Waals surface area (Å²) < 4.78 is 0. The summed E-state index contributed by atoms with van der Waals surface area (Å²) in [6.07, 6.45) is 0. The Morgan fingerprint density at radius 1 is 0.436 bits per heavy atom. The molecule has 0 N–H and O–H groups in total. The highest BCUT2D eigenvalue weighted by atomic mass is 15.1. The Morgan fingerprint density at radius 2 is 1.04 bits per heavy atom. The normalized spacial score (nSPS) is 14.7. The monoisotopic (exact) mass is 709 g/mol. The number of nitrogens with zero attached hydrogens (tertiary/aromatic N) is 1. The van der Waals surface area contributed by atoms with Crippen LogP contribution in [0, 0.1) is 0 Å². The predicted molar refractivity (Wildman–Crippen MR) is 235 cm³/mol. The number of hydrogen-bond donors (Lipinski definition) is 0. The summed E-state index contributed by atoms with van der Waals surface area (Å²) in [5.74, 6) is 0. The van der Waals surface area contributed by atoms with Crippen LogP contribution >= 0.6 is 0 Å². The van der Waals surface area contributed by atoms with Gasteiger partial charge in [-0.05, 0) is 119 Å². The number of fused-ring (bicyclic) bond motifs is 9. The molecule has 0 spiro atoms. The smallest absolute Gasteiger partial charge is 0.0546 e. The second-order valence-electron chi connectivity index (χ2n) is 17.8. The molecule has 0 aromatic heterocycles. The summed E-state index contributed by atoms with van der Waals surface area (Å²) in [6.45, 7) is 16.4. The van der Waals surface area contributed by atoms with E-state index >= 15 is 0 Å². The quantitative estimate of drug-likeness (QED) is 0.176. The lowest BCUT2D eigenvalue weighted by Crippen LogP contribution is -2.16. The number of rotatable bonds is 4. The van der Waals surface area contributed by atoms with Gasteiger partial charge in [0.2, 0.25) is 0 Å². The van der Waals surface area contributed by atoms with Crippen molar-refractivity contribution in [2.45, 2.75) is 64.7 Å². The highest BCUT2D eigenvalue weighted by Gasteiger charge is 2.38. The zero-order valence-corrected chi connectivity index (χ0v) is 33.0. The minimum absolute atomic E-state index is 0.0535. The Morgan fingerprint density at radius 3 is 1.80 bits per heavy atom. The van der Waals surface area contributed by atoms with Crippen molar-refractivity contribution in [2.75, 3.05) is 4.90 Å². The predicted octanol–water partition coefficient (Wildman–Crippen LogP) is 15.0. The molecular weight excluding hydrogens is 663 g/mol. The van der Waals surface area contributed by atoms with Crippen molar-refractivity contribution in [1.29, 1.82) is 0 Å². The molecule has 0 unspecified atom stereocenters. The highest BCUT2D eigenvalue weighted by molar-refractivity contribution is 6.06. The van der Waals surface area contributed by atoms with Gasteiger partial charge in [-0.1, -0.05) is 170 Å². The summed E-state index contributed by atoms with van der Waals surface area (Å²) in [5, 5.41) is 5.13. The maximum Gasteiger partial charge on any atom is 0.0546 e. The molecule has 2 aliphatic carbocycles. The molecule has 0 fully saturated rings. The second-order valence-corrected chi connectivity index (χ2v) is 17.8. The van der Waals surface area contributed by atoms with Crippen LogP contribution in [0.1, 0.15) is 76.3 Å². The average molecular weight is 710 g/mol. The molecular formula is C54H47N. The maximum atomic E-state index is 2.51. The molecule has 0 saturated heterocycles. The molecule has 0 aliphatic heterocycles. The first kappa shape index (κ1) is 33.6. The van der Waals surface area contributed by atoms with Crippen LogP contribution in [0.15, 0.2) is 158 Å². The first-order valence-electron chi connectivity index (χ1n) is 19.8. The molecule has 55 heavy (non-hydrogen) atoms. The lowest BCUT2D eigenvalue weighted by Gasteiger charge is -2.31. The van der Waals surface area contributed by atoms with Gasteiger partial charge in [0.1, 0.15) is 0 Å². The summed E-state index contributed by atoms with van der Waals surface area (Å²) in [7, 11) is 0. The second kappa shape index (κ2) is 11.8. The van der Waals surface area contributed by atoms with Gasteiger partial charge in [0.05, 0.1) is 5.69 Å². The third-order valence-electron chi connectivity index (χ3n) is 12.8. The summed E-state index contributed by atoms with van der Waals surface area (Å²) in [6, 6.07) is 59.6. The zero-order valence-electron chi connectivity index (χ0n) is 33.0. The van der Waals surface area contributed by atoms with E-state index in [0.29, 0.717) is 0 Å². The SMILES string of the molecule is CC(C)(C)c1ccc(N(c2ccc3c(c2)-c2ccc4ccccc4c2C3(C)C)c2ccc3ccccc3c2-c2ccc3c(c2)C(C)(C)c2ccccc2-3)cc1. The maximum absolute atomic E-state index is 2.51. The molecule has 268 valence electrons. The van der Waals surface area contributed by atoms with Gasteiger partial charge in [-0.15, -0.1) is 0 Å². The molecule has 1 nitrogen and oxygen atoms in total. The van der Waals surface area contributed by atoms with E-state index in [-0.39, 0.29) is 16.2 Å². The molecule has 8 aromatic rings. The Balaban J connectivity index is 1.23. The Bertz CT molecular complexity index is 2840. The van der Waals surface area contributed by atoms with Gasteiger partial charge in [-0.2, -0.15) is 0 Å². The van der Waals surface area contributed by atoms with Crippen LogP contribution in [0.25, 0.3) is 54.9 Å². The molecule has 0 bridgehead atoms. The van der Waals surface area contributed by atoms with Crippen LogP contribution in [0.5, 0.6) is 0 Å². The molecule has 10 rings (SSSR count). The van der Waals surface area contributed by atoms with Crippen molar-refractivity contribution in [3.63, 3.8) is 0 Å². The van der Waals surface area contributed by atoms with Gasteiger partial charge < -0.3 is 4.90 Å². The molecule has 0 radical (unpaired) electrons. The van der Waals surface area contributed by atoms with E-state index in [2.05, 4.69) is 211 Å². The first-order chi connectivity index (χ1) is 26.4. The molecule has 8 aromatic carbocycles. The Kier molecular flexibility index (Phi) is 7.21. The van der Waals surface area contributed by atoms with Crippen molar-refractivity contribution in [3.8, 4) is 33.4 Å². The minimum atomic E-state index is -0.119. The zero-order chi connectivity index (χ0) is 37.9. The van der Waals surface area contributed by atoms with Gasteiger partial charge >= 0.3 is 0 Å². The van der Waals surface area contributed by atoms with Crippen molar-refractivity contribution >= 4 is 38.6 Å². The summed E-state index contributed by atoms with van der Waals surface area (Å²) >= 11 is 0. The summed E-state index contributed by atoms with van der Waals surface area (Å²) in [5.41, 5.74) is 18.1. The van der Waals surface area contributed by atoms with Gasteiger partial charge in [0.25, 0.3) is 0 Å². The van der Waals surface area contributed by atoms with E-state index in [1.165, 1.54) is 88.4 Å². The van der Waals surface area contributed by atoms with Crippen molar-refractivity contribution < 1.29 is 0 Å². The highest BCUT2D eigenvalue weighted by Crippen LogP contribution is 2.55. The van der Waals surface area contributed by atoms with Crippen LogP contribution in [0.2, 0.25) is 0 Å². The van der Waals surface area contributed by atoms with Gasteiger partial charge in [0.15, 0.2) is 0 Å². The van der Waals surface area contributed by atoms with E-state index in [1.54, 1.807) is 0 Å². The number of benzene rings is 8. The molecule has 1 heteroatoms. The fraction of sp³-hybridized carbons (Fsp3) is 0.185. The lowest BCUT2D eigenvalue weighted by atomic mass is 9.80. The largest absolute Gasteiger partial charge is 0.310 e. The van der Waals surface area contributed by atoms with Crippen LogP contribution in [-0.2, 0) is 16.2 Å². The van der Waals surface area contributed by atoms with Crippen LogP contribution in [0.3, 0.4) is 0 Å². The first-order valence-corrected chi connectivity index (χ1v) is 19.8. The molecule has 0 atom stereocenters. The van der Waals surface area contributed by atoms with E-state index in [0.717, 1.165) is 11.4 Å². The van der Waals surface area contributed by atoms with Crippen LogP contribution in [-0.4, -0.2) is 0 Å². The Labute approximate surface area is 325 Å². The van der Waals surface area contributed by atoms with Crippen molar-refractivity contribution in [1.82, 2.24) is 0 Å². The van der Waals surface area contributed by atoms with Crippen LogP contribution in [0.4, 0.5) is 17.1 Å².